The second kappa shape index (κ2) is 3.28. The number of rotatable bonds is 2. The van der Waals surface area contributed by atoms with Crippen LogP contribution in [0.2, 0.25) is 0 Å². The zero-order chi connectivity index (χ0) is 7.40. The summed E-state index contributed by atoms with van der Waals surface area (Å²) >= 11 is 1.66. The maximum Gasteiger partial charge on any atom is 0.0846 e. The quantitative estimate of drug-likeness (QED) is 0.639. The fourth-order valence-corrected chi connectivity index (χ4v) is 1.24. The average molecular weight is 151 g/mol. The first kappa shape index (κ1) is 7.17. The summed E-state index contributed by atoms with van der Waals surface area (Å²) in [7, 11) is 0. The summed E-state index contributed by atoms with van der Waals surface area (Å²) in [6.45, 7) is 1.96. The molecular formula is C8H9NS. The fraction of sp³-hybridized carbons (Fsp3) is 0.250. The Kier molecular flexibility index (Phi) is 2.35. The average Bonchev–Trinajstić information content (AvgIpc) is 2.40. The number of thiophene rings is 1. The van der Waals surface area contributed by atoms with Crippen LogP contribution in [-0.4, -0.2) is 6.04 Å². The van der Waals surface area contributed by atoms with Gasteiger partial charge in [-0.3, -0.25) is 0 Å². The number of terminal acetylenes is 1. The van der Waals surface area contributed by atoms with Gasteiger partial charge in [0.1, 0.15) is 0 Å². The molecule has 1 aromatic rings. The van der Waals surface area contributed by atoms with Gasteiger partial charge in [-0.05, 0) is 18.4 Å². The topological polar surface area (TPSA) is 12.0 Å². The van der Waals surface area contributed by atoms with Crippen molar-refractivity contribution in [2.45, 2.75) is 13.0 Å². The van der Waals surface area contributed by atoms with E-state index in [2.05, 4.69) is 11.2 Å². The Labute approximate surface area is 65.1 Å². The largest absolute Gasteiger partial charge is 0.371 e. The van der Waals surface area contributed by atoms with Crippen LogP contribution in [0.4, 0.5) is 5.69 Å². The third-order valence-corrected chi connectivity index (χ3v) is 1.84. The molecule has 0 fully saturated rings. The lowest BCUT2D eigenvalue weighted by atomic mass is 10.3. The molecule has 0 aromatic carbocycles. The van der Waals surface area contributed by atoms with E-state index in [9.17, 15) is 0 Å². The molecule has 1 unspecified atom stereocenters. The minimum atomic E-state index is 0.120. The van der Waals surface area contributed by atoms with Crippen LogP contribution in [0.5, 0.6) is 0 Å². The van der Waals surface area contributed by atoms with Gasteiger partial charge in [-0.25, -0.2) is 0 Å². The van der Waals surface area contributed by atoms with Gasteiger partial charge >= 0.3 is 0 Å². The van der Waals surface area contributed by atoms with Gasteiger partial charge in [-0.2, -0.15) is 11.3 Å². The van der Waals surface area contributed by atoms with Crippen molar-refractivity contribution in [1.82, 2.24) is 0 Å². The van der Waals surface area contributed by atoms with E-state index in [0.29, 0.717) is 0 Å². The van der Waals surface area contributed by atoms with Crippen LogP contribution >= 0.6 is 11.3 Å². The van der Waals surface area contributed by atoms with Crippen molar-refractivity contribution in [3.63, 3.8) is 0 Å². The van der Waals surface area contributed by atoms with Crippen molar-refractivity contribution < 1.29 is 0 Å². The van der Waals surface area contributed by atoms with E-state index in [1.165, 1.54) is 0 Å². The van der Waals surface area contributed by atoms with Gasteiger partial charge in [-0.1, -0.05) is 5.92 Å². The SMILES string of the molecule is C#CC(C)Nc1ccsc1. The summed E-state index contributed by atoms with van der Waals surface area (Å²) in [4.78, 5) is 0. The van der Waals surface area contributed by atoms with Crippen LogP contribution in [0.3, 0.4) is 0 Å². The number of hydrogen-bond donors (Lipinski definition) is 1. The summed E-state index contributed by atoms with van der Waals surface area (Å²) in [5.74, 6) is 2.60. The third-order valence-electron chi connectivity index (χ3n) is 1.15. The van der Waals surface area contributed by atoms with E-state index >= 15 is 0 Å². The summed E-state index contributed by atoms with van der Waals surface area (Å²) in [5, 5.41) is 7.20. The Morgan fingerprint density at radius 2 is 2.60 bits per heavy atom. The highest BCUT2D eigenvalue weighted by Crippen LogP contribution is 2.12. The lowest BCUT2D eigenvalue weighted by molar-refractivity contribution is 1.04. The monoisotopic (exact) mass is 151 g/mol. The van der Waals surface area contributed by atoms with Gasteiger partial charge < -0.3 is 5.32 Å². The first-order valence-corrected chi connectivity index (χ1v) is 4.02. The zero-order valence-corrected chi connectivity index (χ0v) is 6.61. The number of hydrogen-bond acceptors (Lipinski definition) is 2. The highest BCUT2D eigenvalue weighted by atomic mass is 32.1. The van der Waals surface area contributed by atoms with Crippen LogP contribution in [0.25, 0.3) is 0 Å². The molecule has 0 spiro atoms. The summed E-state index contributed by atoms with van der Waals surface area (Å²) in [6.07, 6.45) is 5.18. The Morgan fingerprint density at radius 1 is 1.80 bits per heavy atom. The Morgan fingerprint density at radius 3 is 3.10 bits per heavy atom. The van der Waals surface area contributed by atoms with Crippen molar-refractivity contribution in [1.29, 1.82) is 0 Å². The molecule has 1 nitrogen and oxygen atoms in total. The molecule has 0 amide bonds. The number of anilines is 1. The van der Waals surface area contributed by atoms with Gasteiger partial charge in [-0.15, -0.1) is 6.42 Å². The van der Waals surface area contributed by atoms with Gasteiger partial charge in [0, 0.05) is 11.1 Å². The van der Waals surface area contributed by atoms with Crippen LogP contribution < -0.4 is 5.32 Å². The maximum absolute atomic E-state index is 5.18. The normalized spacial score (nSPS) is 12.0. The molecule has 0 aliphatic rings. The van der Waals surface area contributed by atoms with E-state index < -0.39 is 0 Å². The fourth-order valence-electron chi connectivity index (χ4n) is 0.638. The molecule has 0 aliphatic heterocycles. The Balaban J connectivity index is 2.50. The van der Waals surface area contributed by atoms with Crippen LogP contribution in [0.15, 0.2) is 16.8 Å². The van der Waals surface area contributed by atoms with E-state index in [1.54, 1.807) is 11.3 Å². The highest BCUT2D eigenvalue weighted by molar-refractivity contribution is 7.08. The van der Waals surface area contributed by atoms with E-state index in [-0.39, 0.29) is 6.04 Å². The summed E-state index contributed by atoms with van der Waals surface area (Å²) < 4.78 is 0. The molecule has 0 aliphatic carbocycles. The molecule has 0 bridgehead atoms. The van der Waals surface area contributed by atoms with Gasteiger partial charge in [0.05, 0.1) is 6.04 Å². The third kappa shape index (κ3) is 1.78. The van der Waals surface area contributed by atoms with Crippen molar-refractivity contribution in [2.75, 3.05) is 5.32 Å². The summed E-state index contributed by atoms with van der Waals surface area (Å²) in [5.41, 5.74) is 1.11. The lowest BCUT2D eigenvalue weighted by Gasteiger charge is -2.04. The molecule has 10 heavy (non-hydrogen) atoms. The van der Waals surface area contributed by atoms with Crippen LogP contribution in [0.1, 0.15) is 6.92 Å². The smallest absolute Gasteiger partial charge is 0.0846 e. The molecular weight excluding hydrogens is 142 g/mol. The first-order valence-electron chi connectivity index (χ1n) is 3.08. The minimum Gasteiger partial charge on any atom is -0.371 e. The predicted molar refractivity (Wildman–Crippen MR) is 46.2 cm³/mol. The highest BCUT2D eigenvalue weighted by Gasteiger charge is 1.94. The summed E-state index contributed by atoms with van der Waals surface area (Å²) in [6, 6.07) is 2.13. The molecule has 0 saturated heterocycles. The zero-order valence-electron chi connectivity index (χ0n) is 5.79. The lowest BCUT2D eigenvalue weighted by Crippen LogP contribution is -2.10. The van der Waals surface area contributed by atoms with Crippen molar-refractivity contribution in [2.24, 2.45) is 0 Å². The molecule has 2 heteroatoms. The molecule has 1 atom stereocenters. The van der Waals surface area contributed by atoms with E-state index in [1.807, 2.05) is 23.8 Å². The first-order chi connectivity index (χ1) is 4.83. The predicted octanol–water partition coefficient (Wildman–Crippen LogP) is 2.18. The molecule has 1 N–H and O–H groups in total. The molecule has 1 heterocycles. The molecule has 1 aromatic heterocycles. The second-order valence-electron chi connectivity index (χ2n) is 2.04. The van der Waals surface area contributed by atoms with E-state index in [0.717, 1.165) is 5.69 Å². The standard InChI is InChI=1S/C8H9NS/c1-3-7(2)9-8-4-5-10-6-8/h1,4-7,9H,2H3. The van der Waals surface area contributed by atoms with Crippen molar-refractivity contribution in [3.05, 3.63) is 16.8 Å². The minimum absolute atomic E-state index is 0.120. The van der Waals surface area contributed by atoms with Crippen LogP contribution in [0, 0.1) is 12.3 Å². The second-order valence-corrected chi connectivity index (χ2v) is 2.82. The molecule has 52 valence electrons. The molecule has 0 saturated carbocycles. The Hall–Kier alpha value is -0.940. The van der Waals surface area contributed by atoms with Gasteiger partial charge in [0.25, 0.3) is 0 Å². The molecule has 0 radical (unpaired) electrons. The van der Waals surface area contributed by atoms with Crippen molar-refractivity contribution in [3.8, 4) is 12.3 Å². The van der Waals surface area contributed by atoms with Crippen molar-refractivity contribution >= 4 is 17.0 Å². The van der Waals surface area contributed by atoms with Gasteiger partial charge in [0.15, 0.2) is 0 Å². The number of nitrogens with one attached hydrogen (secondary N) is 1. The van der Waals surface area contributed by atoms with Crippen LogP contribution in [-0.2, 0) is 0 Å². The molecule has 1 rings (SSSR count). The van der Waals surface area contributed by atoms with Gasteiger partial charge in [0.2, 0.25) is 0 Å². The Bertz CT molecular complexity index is 220. The maximum atomic E-state index is 5.18. The van der Waals surface area contributed by atoms with E-state index in [4.69, 9.17) is 6.42 Å².